The van der Waals surface area contributed by atoms with E-state index < -0.39 is 0 Å². The summed E-state index contributed by atoms with van der Waals surface area (Å²) in [5.41, 5.74) is 1.93. The van der Waals surface area contributed by atoms with E-state index in [1.165, 1.54) is 0 Å². The maximum absolute atomic E-state index is 5.35. The minimum Gasteiger partial charge on any atom is -0.493 e. The SMILES string of the molecule is [CH2]CCc1nn2c(-c3ccc(OC)c(OC)c3)cnc2s1. The van der Waals surface area contributed by atoms with Crippen LogP contribution in [0.25, 0.3) is 16.2 Å². The van der Waals surface area contributed by atoms with Gasteiger partial charge in [0.1, 0.15) is 5.01 Å². The first-order valence-electron chi connectivity index (χ1n) is 6.62. The van der Waals surface area contributed by atoms with Crippen LogP contribution in [0.2, 0.25) is 0 Å². The quantitative estimate of drug-likeness (QED) is 0.726. The molecule has 1 radical (unpaired) electrons. The van der Waals surface area contributed by atoms with Gasteiger partial charge in [-0.3, -0.25) is 0 Å². The van der Waals surface area contributed by atoms with Crippen molar-refractivity contribution in [2.45, 2.75) is 12.8 Å². The molecule has 5 nitrogen and oxygen atoms in total. The van der Waals surface area contributed by atoms with Crippen molar-refractivity contribution in [3.8, 4) is 22.8 Å². The molecule has 6 heteroatoms. The first-order chi connectivity index (χ1) is 10.3. The Labute approximate surface area is 127 Å². The number of methoxy groups -OCH3 is 2. The number of aromatic nitrogens is 3. The van der Waals surface area contributed by atoms with Crippen LogP contribution in [0, 0.1) is 6.92 Å². The highest BCUT2D eigenvalue weighted by molar-refractivity contribution is 7.16. The highest BCUT2D eigenvalue weighted by atomic mass is 32.1. The Balaban J connectivity index is 2.07. The lowest BCUT2D eigenvalue weighted by Crippen LogP contribution is -1.93. The molecule has 109 valence electrons. The van der Waals surface area contributed by atoms with Crippen LogP contribution >= 0.6 is 11.3 Å². The molecule has 0 saturated carbocycles. The molecule has 0 fully saturated rings. The predicted molar refractivity (Wildman–Crippen MR) is 83.1 cm³/mol. The lowest BCUT2D eigenvalue weighted by molar-refractivity contribution is 0.355. The molecule has 2 aromatic heterocycles. The first-order valence-corrected chi connectivity index (χ1v) is 7.43. The minimum atomic E-state index is 0.693. The number of imidazole rings is 1. The van der Waals surface area contributed by atoms with Crippen LogP contribution in [-0.2, 0) is 6.42 Å². The van der Waals surface area contributed by atoms with Gasteiger partial charge in [0.25, 0.3) is 0 Å². The van der Waals surface area contributed by atoms with Gasteiger partial charge < -0.3 is 9.47 Å². The fraction of sp³-hybridized carbons (Fsp3) is 0.267. The van der Waals surface area contributed by atoms with Gasteiger partial charge in [-0.05, 0) is 24.6 Å². The lowest BCUT2D eigenvalue weighted by Gasteiger charge is -2.08. The van der Waals surface area contributed by atoms with E-state index in [4.69, 9.17) is 9.47 Å². The molecular weight excluding hydrogens is 286 g/mol. The van der Waals surface area contributed by atoms with Gasteiger partial charge in [-0.2, -0.15) is 5.10 Å². The van der Waals surface area contributed by atoms with Crippen molar-refractivity contribution in [1.82, 2.24) is 14.6 Å². The molecule has 0 atom stereocenters. The second-order valence-corrected chi connectivity index (χ2v) is 5.55. The highest BCUT2D eigenvalue weighted by Crippen LogP contribution is 2.33. The van der Waals surface area contributed by atoms with Crippen molar-refractivity contribution in [2.24, 2.45) is 0 Å². The van der Waals surface area contributed by atoms with E-state index in [0.29, 0.717) is 11.5 Å². The monoisotopic (exact) mass is 302 g/mol. The molecule has 0 aliphatic heterocycles. The summed E-state index contributed by atoms with van der Waals surface area (Å²) in [6, 6.07) is 5.80. The molecule has 0 unspecified atom stereocenters. The van der Waals surface area contributed by atoms with Crippen molar-refractivity contribution < 1.29 is 9.47 Å². The third-order valence-electron chi connectivity index (χ3n) is 3.20. The van der Waals surface area contributed by atoms with Crippen molar-refractivity contribution in [3.05, 3.63) is 36.3 Å². The fourth-order valence-electron chi connectivity index (χ4n) is 2.18. The summed E-state index contributed by atoms with van der Waals surface area (Å²) in [5.74, 6) is 1.40. The topological polar surface area (TPSA) is 48.7 Å². The summed E-state index contributed by atoms with van der Waals surface area (Å²) >= 11 is 1.60. The van der Waals surface area contributed by atoms with Gasteiger partial charge in [0.2, 0.25) is 4.96 Å². The normalized spacial score (nSPS) is 11.0. The molecule has 0 aliphatic rings. The standard InChI is InChI=1S/C15H16N3O2S/c1-4-5-14-17-18-11(9-16-15(18)21-14)10-6-7-12(19-2)13(8-10)20-3/h6-9H,1,4-5H2,2-3H3. The van der Waals surface area contributed by atoms with Crippen LogP contribution in [0.4, 0.5) is 0 Å². The average molecular weight is 302 g/mol. The van der Waals surface area contributed by atoms with E-state index in [0.717, 1.165) is 34.1 Å². The van der Waals surface area contributed by atoms with Crippen LogP contribution in [0.3, 0.4) is 0 Å². The Bertz CT molecular complexity index is 763. The Morgan fingerprint density at radius 1 is 1.24 bits per heavy atom. The number of hydrogen-bond donors (Lipinski definition) is 0. The molecule has 0 bridgehead atoms. The number of aryl methyl sites for hydroxylation is 1. The first kappa shape index (κ1) is 13.9. The second kappa shape index (κ2) is 5.73. The number of ether oxygens (including phenoxy) is 2. The van der Waals surface area contributed by atoms with Gasteiger partial charge in [-0.25, -0.2) is 9.50 Å². The van der Waals surface area contributed by atoms with Gasteiger partial charge in [0, 0.05) is 12.0 Å². The van der Waals surface area contributed by atoms with E-state index in [9.17, 15) is 0 Å². The Morgan fingerprint density at radius 3 is 2.76 bits per heavy atom. The minimum absolute atomic E-state index is 0.693. The van der Waals surface area contributed by atoms with Crippen molar-refractivity contribution in [1.29, 1.82) is 0 Å². The maximum Gasteiger partial charge on any atom is 0.212 e. The molecular formula is C15H16N3O2S. The number of rotatable bonds is 5. The number of fused-ring (bicyclic) bond motifs is 1. The maximum atomic E-state index is 5.35. The van der Waals surface area contributed by atoms with Crippen LogP contribution in [-0.4, -0.2) is 28.8 Å². The van der Waals surface area contributed by atoms with Gasteiger partial charge in [0.15, 0.2) is 11.5 Å². The molecule has 1 aromatic carbocycles. The number of hydrogen-bond acceptors (Lipinski definition) is 5. The average Bonchev–Trinajstić information content (AvgIpc) is 3.06. The summed E-state index contributed by atoms with van der Waals surface area (Å²) in [6.07, 6.45) is 3.54. The van der Waals surface area contributed by atoms with Crippen LogP contribution in [0.1, 0.15) is 11.4 Å². The zero-order valence-electron chi connectivity index (χ0n) is 12.0. The largest absolute Gasteiger partial charge is 0.493 e. The molecule has 0 amide bonds. The molecule has 0 spiro atoms. The smallest absolute Gasteiger partial charge is 0.212 e. The summed E-state index contributed by atoms with van der Waals surface area (Å²) in [4.78, 5) is 5.31. The van der Waals surface area contributed by atoms with E-state index in [1.54, 1.807) is 25.6 Å². The van der Waals surface area contributed by atoms with Crippen LogP contribution in [0.15, 0.2) is 24.4 Å². The molecule has 0 N–H and O–H groups in total. The van der Waals surface area contributed by atoms with Crippen molar-refractivity contribution in [2.75, 3.05) is 14.2 Å². The van der Waals surface area contributed by atoms with Gasteiger partial charge in [0.05, 0.1) is 26.1 Å². The Morgan fingerprint density at radius 2 is 2.05 bits per heavy atom. The fourth-order valence-corrected chi connectivity index (χ4v) is 3.09. The number of nitrogens with zero attached hydrogens (tertiary/aromatic N) is 3. The summed E-state index contributed by atoms with van der Waals surface area (Å²) in [7, 11) is 3.25. The molecule has 2 heterocycles. The molecule has 0 saturated heterocycles. The van der Waals surface area contributed by atoms with E-state index in [-0.39, 0.29) is 0 Å². The molecule has 3 rings (SSSR count). The van der Waals surface area contributed by atoms with Gasteiger partial charge in [-0.15, -0.1) is 0 Å². The lowest BCUT2D eigenvalue weighted by atomic mass is 10.1. The third-order valence-corrected chi connectivity index (χ3v) is 4.18. The molecule has 21 heavy (non-hydrogen) atoms. The van der Waals surface area contributed by atoms with E-state index in [1.807, 2.05) is 28.9 Å². The Kier molecular flexibility index (Phi) is 3.79. The van der Waals surface area contributed by atoms with E-state index in [2.05, 4.69) is 17.0 Å². The zero-order chi connectivity index (χ0) is 14.8. The summed E-state index contributed by atoms with van der Waals surface area (Å²) in [6.45, 7) is 3.86. The van der Waals surface area contributed by atoms with Crippen LogP contribution < -0.4 is 9.47 Å². The molecule has 3 aromatic rings. The summed E-state index contributed by atoms with van der Waals surface area (Å²) < 4.78 is 12.5. The van der Waals surface area contributed by atoms with Gasteiger partial charge >= 0.3 is 0 Å². The highest BCUT2D eigenvalue weighted by Gasteiger charge is 2.13. The third kappa shape index (κ3) is 2.47. The van der Waals surface area contributed by atoms with Crippen LogP contribution in [0.5, 0.6) is 11.5 Å². The van der Waals surface area contributed by atoms with E-state index >= 15 is 0 Å². The number of benzene rings is 1. The summed E-state index contributed by atoms with van der Waals surface area (Å²) in [5, 5.41) is 5.65. The zero-order valence-corrected chi connectivity index (χ0v) is 12.8. The van der Waals surface area contributed by atoms with Crippen molar-refractivity contribution in [3.63, 3.8) is 0 Å². The molecule has 0 aliphatic carbocycles. The predicted octanol–water partition coefficient (Wildman–Crippen LogP) is 3.24. The second-order valence-electron chi connectivity index (χ2n) is 4.51. The van der Waals surface area contributed by atoms with Gasteiger partial charge in [-0.1, -0.05) is 18.3 Å². The Hall–Kier alpha value is -2.08. The van der Waals surface area contributed by atoms with Crippen molar-refractivity contribution >= 4 is 16.3 Å².